The number of hydrogen-bond acceptors (Lipinski definition) is 3. The Morgan fingerprint density at radius 2 is 1.71 bits per heavy atom. The summed E-state index contributed by atoms with van der Waals surface area (Å²) in [6, 6.07) is 12.8. The molecule has 0 spiro atoms. The van der Waals surface area contributed by atoms with E-state index < -0.39 is 10.2 Å². The minimum absolute atomic E-state index is 0.0599. The number of hydrogen-bond donors (Lipinski definition) is 3. The number of nitrogens with one attached hydrogen (secondary N) is 2. The Bertz CT molecular complexity index is 717. The molecule has 0 aliphatic rings. The summed E-state index contributed by atoms with van der Waals surface area (Å²) in [5, 5.41) is 8.13. The maximum Gasteiger partial charge on any atom is 0.296 e. The van der Waals surface area contributed by atoms with Gasteiger partial charge in [-0.05, 0) is 42.8 Å². The van der Waals surface area contributed by atoms with E-state index in [0.29, 0.717) is 5.69 Å². The summed E-state index contributed by atoms with van der Waals surface area (Å²) in [4.78, 5) is 0. The van der Waals surface area contributed by atoms with Crippen LogP contribution in [0, 0.1) is 5.82 Å². The van der Waals surface area contributed by atoms with Crippen molar-refractivity contribution in [3.8, 4) is 0 Å². The minimum atomic E-state index is -3.80. The van der Waals surface area contributed by atoms with Crippen molar-refractivity contribution in [3.05, 3.63) is 59.9 Å². The number of anilines is 2. The Morgan fingerprint density at radius 3 is 2.33 bits per heavy atom. The normalized spacial score (nSPS) is 12.7. The third-order valence-corrected chi connectivity index (χ3v) is 3.40. The van der Waals surface area contributed by atoms with Crippen LogP contribution >= 0.6 is 0 Å². The largest absolute Gasteiger partial charge is 0.378 e. The average Bonchev–Trinajstić information content (AvgIpc) is 2.37. The van der Waals surface area contributed by atoms with Crippen LogP contribution in [0.5, 0.6) is 0 Å². The van der Waals surface area contributed by atoms with Gasteiger partial charge in [0, 0.05) is 11.7 Å². The molecule has 0 bridgehead atoms. The molecule has 2 aromatic carbocycles. The molecule has 21 heavy (non-hydrogen) atoms. The van der Waals surface area contributed by atoms with Gasteiger partial charge in [-0.15, -0.1) is 0 Å². The zero-order valence-corrected chi connectivity index (χ0v) is 12.2. The second-order valence-corrected chi connectivity index (χ2v) is 5.94. The fourth-order valence-electron chi connectivity index (χ4n) is 1.92. The quantitative estimate of drug-likeness (QED) is 0.793. The first-order valence-corrected chi connectivity index (χ1v) is 7.81. The molecule has 1 unspecified atom stereocenters. The highest BCUT2D eigenvalue weighted by Crippen LogP contribution is 2.22. The third kappa shape index (κ3) is 4.73. The fourth-order valence-corrected chi connectivity index (χ4v) is 2.38. The second-order valence-electron chi connectivity index (χ2n) is 4.65. The Hall–Kier alpha value is -2.12. The minimum Gasteiger partial charge on any atom is -0.378 e. The summed E-state index contributed by atoms with van der Waals surface area (Å²) in [7, 11) is -3.80. The van der Waals surface area contributed by atoms with Gasteiger partial charge < -0.3 is 5.32 Å². The van der Waals surface area contributed by atoms with Crippen molar-refractivity contribution >= 4 is 21.6 Å². The molecule has 0 fully saturated rings. The zero-order valence-electron chi connectivity index (χ0n) is 11.4. The number of halogens is 1. The topological polar surface area (TPSA) is 84.2 Å². The first kappa shape index (κ1) is 15.3. The van der Waals surface area contributed by atoms with Gasteiger partial charge >= 0.3 is 0 Å². The Balaban J connectivity index is 2.12. The zero-order chi connectivity index (χ0) is 15.5. The highest BCUT2D eigenvalue weighted by molar-refractivity contribution is 7.90. The van der Waals surface area contributed by atoms with Gasteiger partial charge in [-0.3, -0.25) is 4.72 Å². The highest BCUT2D eigenvalue weighted by Gasteiger charge is 2.07. The van der Waals surface area contributed by atoms with Crippen molar-refractivity contribution in [2.24, 2.45) is 5.14 Å². The van der Waals surface area contributed by atoms with E-state index in [1.165, 1.54) is 12.1 Å². The van der Waals surface area contributed by atoms with Crippen LogP contribution in [-0.2, 0) is 10.2 Å². The Morgan fingerprint density at radius 1 is 1.10 bits per heavy atom. The van der Waals surface area contributed by atoms with Gasteiger partial charge in [0.05, 0.1) is 5.69 Å². The van der Waals surface area contributed by atoms with Gasteiger partial charge in [0.15, 0.2) is 0 Å². The monoisotopic (exact) mass is 309 g/mol. The van der Waals surface area contributed by atoms with Gasteiger partial charge in [-0.25, -0.2) is 9.53 Å². The molecule has 5 nitrogen and oxygen atoms in total. The fraction of sp³-hybridized carbons (Fsp3) is 0.143. The molecule has 0 amide bonds. The molecule has 2 rings (SSSR count). The van der Waals surface area contributed by atoms with Crippen LogP contribution in [0.15, 0.2) is 48.5 Å². The second kappa shape index (κ2) is 6.11. The molecule has 7 heteroatoms. The summed E-state index contributed by atoms with van der Waals surface area (Å²) in [5.74, 6) is -0.287. The summed E-state index contributed by atoms with van der Waals surface area (Å²) >= 11 is 0. The highest BCUT2D eigenvalue weighted by atomic mass is 32.2. The van der Waals surface area contributed by atoms with E-state index in [1.807, 2.05) is 6.92 Å². The van der Waals surface area contributed by atoms with Crippen molar-refractivity contribution in [1.82, 2.24) is 0 Å². The number of nitrogens with two attached hydrogens (primary N) is 1. The Kier molecular flexibility index (Phi) is 4.44. The van der Waals surface area contributed by atoms with Crippen LogP contribution in [0.2, 0.25) is 0 Å². The van der Waals surface area contributed by atoms with E-state index in [9.17, 15) is 12.8 Å². The molecular weight excluding hydrogens is 293 g/mol. The predicted molar refractivity (Wildman–Crippen MR) is 81.6 cm³/mol. The first-order chi connectivity index (χ1) is 9.83. The predicted octanol–water partition coefficient (Wildman–Crippen LogP) is 2.61. The summed E-state index contributed by atoms with van der Waals surface area (Å²) < 4.78 is 37.1. The van der Waals surface area contributed by atoms with Crippen LogP contribution in [-0.4, -0.2) is 8.42 Å². The molecule has 4 N–H and O–H groups in total. The van der Waals surface area contributed by atoms with Gasteiger partial charge in [0.25, 0.3) is 10.2 Å². The maximum atomic E-state index is 12.9. The van der Waals surface area contributed by atoms with E-state index >= 15 is 0 Å². The van der Waals surface area contributed by atoms with E-state index in [2.05, 4.69) is 10.0 Å². The van der Waals surface area contributed by atoms with Crippen LogP contribution < -0.4 is 15.2 Å². The van der Waals surface area contributed by atoms with Crippen molar-refractivity contribution in [2.75, 3.05) is 10.0 Å². The van der Waals surface area contributed by atoms with Crippen molar-refractivity contribution in [3.63, 3.8) is 0 Å². The molecule has 0 saturated carbocycles. The molecule has 0 aliphatic carbocycles. The van der Waals surface area contributed by atoms with E-state index in [-0.39, 0.29) is 11.9 Å². The van der Waals surface area contributed by atoms with Crippen LogP contribution in [0.25, 0.3) is 0 Å². The molecule has 0 aliphatic heterocycles. The molecule has 0 saturated heterocycles. The van der Waals surface area contributed by atoms with Crippen LogP contribution in [0.4, 0.5) is 15.8 Å². The number of benzene rings is 2. The van der Waals surface area contributed by atoms with Crippen LogP contribution in [0.1, 0.15) is 18.5 Å². The molecule has 0 radical (unpaired) electrons. The summed E-state index contributed by atoms with van der Waals surface area (Å²) in [6.45, 7) is 1.92. The number of rotatable bonds is 5. The average molecular weight is 309 g/mol. The molecule has 1 atom stereocenters. The standard InChI is InChI=1S/C14H16FN3O2S/c1-10(11-5-7-12(15)8-6-11)17-13-3-2-4-14(9-13)18-21(16,19)20/h2-10,17-18H,1H3,(H2,16,19,20). The lowest BCUT2D eigenvalue weighted by Crippen LogP contribution is -2.21. The van der Waals surface area contributed by atoms with Gasteiger partial charge in [0.1, 0.15) is 5.82 Å². The van der Waals surface area contributed by atoms with E-state index in [1.54, 1.807) is 36.4 Å². The summed E-state index contributed by atoms with van der Waals surface area (Å²) in [6.07, 6.45) is 0. The molecular formula is C14H16FN3O2S. The lowest BCUT2D eigenvalue weighted by atomic mass is 10.1. The molecule has 0 heterocycles. The molecule has 0 aromatic heterocycles. The van der Waals surface area contributed by atoms with Crippen molar-refractivity contribution in [2.45, 2.75) is 13.0 Å². The molecule has 112 valence electrons. The molecule has 2 aromatic rings. The summed E-state index contributed by atoms with van der Waals surface area (Å²) in [5.41, 5.74) is 2.01. The maximum absolute atomic E-state index is 12.9. The van der Waals surface area contributed by atoms with Crippen molar-refractivity contribution in [1.29, 1.82) is 0 Å². The lowest BCUT2D eigenvalue weighted by Gasteiger charge is -2.16. The SMILES string of the molecule is CC(Nc1cccc(NS(N)(=O)=O)c1)c1ccc(F)cc1. The van der Waals surface area contributed by atoms with Gasteiger partial charge in [0.2, 0.25) is 0 Å². The van der Waals surface area contributed by atoms with Crippen molar-refractivity contribution < 1.29 is 12.8 Å². The van der Waals surface area contributed by atoms with Gasteiger partial charge in [-0.2, -0.15) is 8.42 Å². The first-order valence-electron chi connectivity index (χ1n) is 6.26. The lowest BCUT2D eigenvalue weighted by molar-refractivity contribution is 0.603. The van der Waals surface area contributed by atoms with E-state index in [0.717, 1.165) is 11.3 Å². The van der Waals surface area contributed by atoms with Gasteiger partial charge in [-0.1, -0.05) is 18.2 Å². The van der Waals surface area contributed by atoms with Crippen LogP contribution in [0.3, 0.4) is 0 Å². The smallest absolute Gasteiger partial charge is 0.296 e. The third-order valence-electron chi connectivity index (χ3n) is 2.88. The Labute approximate surface area is 123 Å². The van der Waals surface area contributed by atoms with E-state index in [4.69, 9.17) is 5.14 Å².